The molecule has 0 aliphatic rings. The Labute approximate surface area is 115 Å². The molecule has 0 aliphatic heterocycles. The van der Waals surface area contributed by atoms with Gasteiger partial charge in [-0.3, -0.25) is 4.79 Å². The van der Waals surface area contributed by atoms with Gasteiger partial charge in [0.05, 0.1) is 12.1 Å². The van der Waals surface area contributed by atoms with Crippen molar-refractivity contribution in [3.8, 4) is 5.75 Å². The predicted molar refractivity (Wildman–Crippen MR) is 72.4 cm³/mol. The Morgan fingerprint density at radius 1 is 1.26 bits per heavy atom. The van der Waals surface area contributed by atoms with Crippen molar-refractivity contribution < 1.29 is 13.9 Å². The fraction of sp³-hybridized carbons (Fsp3) is 0.133. The average Bonchev–Trinajstić information content (AvgIpc) is 2.38. The van der Waals surface area contributed by atoms with Crippen LogP contribution in [0.15, 0.2) is 42.5 Å². The molecule has 2 rings (SSSR count). The number of ether oxygens (including phenoxy) is 1. The molecule has 0 fully saturated rings. The number of hydrogen-bond donors (Lipinski definition) is 0. The first-order valence-corrected chi connectivity index (χ1v) is 6.09. The summed E-state index contributed by atoms with van der Waals surface area (Å²) < 4.78 is 18.1. The van der Waals surface area contributed by atoms with Crippen molar-refractivity contribution >= 4 is 17.4 Å². The van der Waals surface area contributed by atoms with E-state index in [1.54, 1.807) is 30.3 Å². The van der Waals surface area contributed by atoms with Gasteiger partial charge in [0.15, 0.2) is 5.78 Å². The quantitative estimate of drug-likeness (QED) is 0.793. The number of carbonyl (C=O) groups excluding carboxylic acids is 1. The summed E-state index contributed by atoms with van der Waals surface area (Å²) in [5.74, 6) is 0.0803. The zero-order valence-electron chi connectivity index (χ0n) is 10.3. The number of ketones is 1. The monoisotopic (exact) mass is 278 g/mol. The molecule has 0 unspecified atom stereocenters. The van der Waals surface area contributed by atoms with Gasteiger partial charge in [-0.2, -0.15) is 0 Å². The largest absolute Gasteiger partial charge is 0.497 e. The van der Waals surface area contributed by atoms with Gasteiger partial charge in [0, 0.05) is 12.0 Å². The van der Waals surface area contributed by atoms with Crippen molar-refractivity contribution in [3.63, 3.8) is 0 Å². The van der Waals surface area contributed by atoms with E-state index in [0.29, 0.717) is 21.9 Å². The number of carbonyl (C=O) groups is 1. The van der Waals surface area contributed by atoms with Crippen molar-refractivity contribution in [1.29, 1.82) is 0 Å². The van der Waals surface area contributed by atoms with Gasteiger partial charge < -0.3 is 4.74 Å². The molecule has 2 nitrogen and oxygen atoms in total. The number of benzene rings is 2. The lowest BCUT2D eigenvalue weighted by molar-refractivity contribution is 0.0993. The van der Waals surface area contributed by atoms with Crippen molar-refractivity contribution in [2.24, 2.45) is 0 Å². The molecule has 2 aromatic rings. The topological polar surface area (TPSA) is 26.3 Å². The van der Waals surface area contributed by atoms with Crippen molar-refractivity contribution in [3.05, 3.63) is 64.4 Å². The summed E-state index contributed by atoms with van der Waals surface area (Å²) in [5.41, 5.74) is 1.03. The van der Waals surface area contributed by atoms with E-state index < -0.39 is 0 Å². The maximum atomic E-state index is 13.0. The van der Waals surface area contributed by atoms with E-state index in [4.69, 9.17) is 16.3 Å². The number of Topliss-reactive ketones (excluding diaryl/α,β-unsaturated/α-hetero) is 1. The van der Waals surface area contributed by atoms with Gasteiger partial charge in [-0.15, -0.1) is 0 Å². The first kappa shape index (κ1) is 13.6. The number of hydrogen-bond acceptors (Lipinski definition) is 2. The van der Waals surface area contributed by atoms with E-state index in [-0.39, 0.29) is 18.0 Å². The molecule has 19 heavy (non-hydrogen) atoms. The Morgan fingerprint density at radius 2 is 2.05 bits per heavy atom. The van der Waals surface area contributed by atoms with E-state index in [2.05, 4.69) is 0 Å². The predicted octanol–water partition coefficient (Wildman–Crippen LogP) is 3.91. The van der Waals surface area contributed by atoms with E-state index in [0.717, 1.165) is 0 Å². The fourth-order valence-electron chi connectivity index (χ4n) is 1.78. The summed E-state index contributed by atoms with van der Waals surface area (Å²) in [7, 11) is 1.53. The average molecular weight is 279 g/mol. The van der Waals surface area contributed by atoms with Crippen molar-refractivity contribution in [2.75, 3.05) is 7.11 Å². The highest BCUT2D eigenvalue weighted by atomic mass is 35.5. The van der Waals surface area contributed by atoms with Crippen LogP contribution in [0, 0.1) is 5.82 Å². The van der Waals surface area contributed by atoms with E-state index in [1.807, 2.05) is 0 Å². The van der Waals surface area contributed by atoms with E-state index in [9.17, 15) is 9.18 Å². The summed E-state index contributed by atoms with van der Waals surface area (Å²) in [6.07, 6.45) is 0.115. The van der Waals surface area contributed by atoms with Gasteiger partial charge >= 0.3 is 0 Å². The SMILES string of the molecule is COc1ccc(C(=O)Cc2cccc(F)c2)c(Cl)c1. The van der Waals surface area contributed by atoms with Crippen molar-refractivity contribution in [2.45, 2.75) is 6.42 Å². The summed E-state index contributed by atoms with van der Waals surface area (Å²) in [5, 5.41) is 0.334. The minimum atomic E-state index is -0.355. The van der Waals surface area contributed by atoms with Crippen LogP contribution < -0.4 is 4.74 Å². The van der Waals surface area contributed by atoms with Crippen LogP contribution in [0.5, 0.6) is 5.75 Å². The van der Waals surface area contributed by atoms with E-state index in [1.165, 1.54) is 19.2 Å². The Bertz CT molecular complexity index is 611. The molecule has 0 bridgehead atoms. The molecule has 98 valence electrons. The number of halogens is 2. The first-order valence-electron chi connectivity index (χ1n) is 5.71. The molecule has 0 spiro atoms. The van der Waals surface area contributed by atoms with Gasteiger partial charge in [0.2, 0.25) is 0 Å². The molecule has 0 aliphatic carbocycles. The Balaban J connectivity index is 2.20. The fourth-order valence-corrected chi connectivity index (χ4v) is 2.05. The minimum Gasteiger partial charge on any atom is -0.497 e. The third-order valence-corrected chi connectivity index (χ3v) is 3.04. The highest BCUT2D eigenvalue weighted by molar-refractivity contribution is 6.34. The van der Waals surface area contributed by atoms with Crippen LogP contribution >= 0.6 is 11.6 Å². The summed E-state index contributed by atoms with van der Waals surface area (Å²) in [6.45, 7) is 0. The second-order valence-corrected chi connectivity index (χ2v) is 4.48. The molecule has 2 aromatic carbocycles. The van der Waals surface area contributed by atoms with Crippen molar-refractivity contribution in [1.82, 2.24) is 0 Å². The minimum absolute atomic E-state index is 0.115. The Morgan fingerprint density at radius 3 is 2.68 bits per heavy atom. The molecule has 4 heteroatoms. The smallest absolute Gasteiger partial charge is 0.168 e. The third kappa shape index (κ3) is 3.32. The van der Waals surface area contributed by atoms with Gasteiger partial charge in [-0.1, -0.05) is 23.7 Å². The summed E-state index contributed by atoms with van der Waals surface area (Å²) >= 11 is 6.03. The molecule has 0 heterocycles. The summed E-state index contributed by atoms with van der Waals surface area (Å²) in [6, 6.07) is 10.8. The molecule has 0 radical (unpaired) electrons. The van der Waals surface area contributed by atoms with Gasteiger partial charge in [-0.25, -0.2) is 4.39 Å². The highest BCUT2D eigenvalue weighted by Gasteiger charge is 2.12. The van der Waals surface area contributed by atoms with Crippen LogP contribution in [0.1, 0.15) is 15.9 Å². The van der Waals surface area contributed by atoms with Crippen LogP contribution in [0.2, 0.25) is 5.02 Å². The molecule has 0 aromatic heterocycles. The van der Waals surface area contributed by atoms with Crippen LogP contribution in [0.4, 0.5) is 4.39 Å². The molecular weight excluding hydrogens is 267 g/mol. The molecule has 0 N–H and O–H groups in total. The Hall–Kier alpha value is -1.87. The van der Waals surface area contributed by atoms with Gasteiger partial charge in [-0.05, 0) is 35.9 Å². The lowest BCUT2D eigenvalue weighted by atomic mass is 10.0. The molecule has 0 saturated carbocycles. The first-order chi connectivity index (χ1) is 9.10. The molecular formula is C15H12ClFO2. The maximum Gasteiger partial charge on any atom is 0.168 e. The van der Waals surface area contributed by atoms with Crippen LogP contribution in [-0.2, 0) is 6.42 Å². The van der Waals surface area contributed by atoms with Crippen LogP contribution in [-0.4, -0.2) is 12.9 Å². The molecule has 0 amide bonds. The highest BCUT2D eigenvalue weighted by Crippen LogP contribution is 2.23. The zero-order chi connectivity index (χ0) is 13.8. The van der Waals surface area contributed by atoms with E-state index >= 15 is 0 Å². The number of methoxy groups -OCH3 is 1. The molecule has 0 atom stereocenters. The maximum absolute atomic E-state index is 13.0. The second-order valence-electron chi connectivity index (χ2n) is 4.08. The Kier molecular flexibility index (Phi) is 4.17. The molecule has 0 saturated heterocycles. The normalized spacial score (nSPS) is 10.3. The lowest BCUT2D eigenvalue weighted by Crippen LogP contribution is -2.04. The second kappa shape index (κ2) is 5.85. The van der Waals surface area contributed by atoms with Crippen LogP contribution in [0.3, 0.4) is 0 Å². The van der Waals surface area contributed by atoms with Crippen LogP contribution in [0.25, 0.3) is 0 Å². The summed E-state index contributed by atoms with van der Waals surface area (Å²) in [4.78, 5) is 12.1. The zero-order valence-corrected chi connectivity index (χ0v) is 11.1. The lowest BCUT2D eigenvalue weighted by Gasteiger charge is -2.06. The van der Waals surface area contributed by atoms with Gasteiger partial charge in [0.25, 0.3) is 0 Å². The number of rotatable bonds is 4. The third-order valence-electron chi connectivity index (χ3n) is 2.73. The standard InChI is InChI=1S/C15H12ClFO2/c1-19-12-5-6-13(14(16)9-12)15(18)8-10-3-2-4-11(17)7-10/h2-7,9H,8H2,1H3. The van der Waals surface area contributed by atoms with Gasteiger partial charge in [0.1, 0.15) is 11.6 Å².